The number of aromatic nitrogens is 2. The Hall–Kier alpha value is -1.07. The molecule has 0 amide bonds. The van der Waals surface area contributed by atoms with E-state index in [1.54, 1.807) is 20.4 Å². The highest BCUT2D eigenvalue weighted by atomic mass is 16.5. The molecule has 17 heavy (non-hydrogen) atoms. The van der Waals surface area contributed by atoms with Crippen LogP contribution in [0.3, 0.4) is 0 Å². The molecule has 0 aliphatic carbocycles. The minimum absolute atomic E-state index is 0.252. The molecule has 1 heterocycles. The zero-order chi connectivity index (χ0) is 12.7. The Morgan fingerprint density at radius 1 is 1.47 bits per heavy atom. The fourth-order valence-corrected chi connectivity index (χ4v) is 1.99. The van der Waals surface area contributed by atoms with Crippen molar-refractivity contribution in [1.82, 2.24) is 15.1 Å². The Morgan fingerprint density at radius 2 is 2.24 bits per heavy atom. The minimum atomic E-state index is 0.252. The van der Waals surface area contributed by atoms with Gasteiger partial charge in [-0.15, -0.1) is 0 Å². The lowest BCUT2D eigenvalue weighted by molar-refractivity contribution is 0.188. The fourth-order valence-electron chi connectivity index (χ4n) is 1.99. The zero-order valence-electron chi connectivity index (χ0n) is 11.2. The Kier molecular flexibility index (Phi) is 6.00. The van der Waals surface area contributed by atoms with Crippen molar-refractivity contribution in [1.29, 1.82) is 0 Å². The fraction of sp³-hybridized carbons (Fsp3) is 0.750. The van der Waals surface area contributed by atoms with Gasteiger partial charge in [-0.05, 0) is 26.8 Å². The molecule has 5 nitrogen and oxygen atoms in total. The van der Waals surface area contributed by atoms with Gasteiger partial charge in [0.15, 0.2) is 5.75 Å². The first-order valence-corrected chi connectivity index (χ1v) is 6.04. The van der Waals surface area contributed by atoms with Gasteiger partial charge >= 0.3 is 0 Å². The monoisotopic (exact) mass is 241 g/mol. The molecule has 1 aromatic heterocycles. The second-order valence-corrected chi connectivity index (χ2v) is 3.89. The highest BCUT2D eigenvalue weighted by Crippen LogP contribution is 2.27. The summed E-state index contributed by atoms with van der Waals surface area (Å²) in [7, 11) is 5.37. The summed E-state index contributed by atoms with van der Waals surface area (Å²) >= 11 is 0. The van der Waals surface area contributed by atoms with Crippen LogP contribution in [0, 0.1) is 0 Å². The molecular formula is C12H23N3O2. The third kappa shape index (κ3) is 3.44. The summed E-state index contributed by atoms with van der Waals surface area (Å²) in [6.45, 7) is 3.71. The van der Waals surface area contributed by atoms with Crippen LogP contribution in [0.4, 0.5) is 0 Å². The maximum Gasteiger partial charge on any atom is 0.161 e. The van der Waals surface area contributed by atoms with Crippen molar-refractivity contribution in [2.75, 3.05) is 27.9 Å². The first kappa shape index (κ1) is 14.0. The van der Waals surface area contributed by atoms with E-state index in [9.17, 15) is 0 Å². The van der Waals surface area contributed by atoms with Gasteiger partial charge in [0, 0.05) is 20.3 Å². The van der Waals surface area contributed by atoms with Gasteiger partial charge in [0.2, 0.25) is 0 Å². The number of nitrogens with one attached hydrogen (secondary N) is 1. The molecule has 0 bridgehead atoms. The molecule has 1 unspecified atom stereocenters. The summed E-state index contributed by atoms with van der Waals surface area (Å²) in [6, 6.07) is 0.252. The molecule has 1 rings (SSSR count). The van der Waals surface area contributed by atoms with Crippen LogP contribution in [0.15, 0.2) is 6.20 Å². The standard InChI is InChI=1S/C12H23N3O2/c1-5-15-12(11(17-4)9-14-15)10(13-2)7-6-8-16-3/h9-10,13H,5-8H2,1-4H3. The summed E-state index contributed by atoms with van der Waals surface area (Å²) in [6.07, 6.45) is 3.80. The van der Waals surface area contributed by atoms with Crippen LogP contribution in [0.5, 0.6) is 5.75 Å². The summed E-state index contributed by atoms with van der Waals surface area (Å²) in [5.41, 5.74) is 1.12. The van der Waals surface area contributed by atoms with Gasteiger partial charge in [0.25, 0.3) is 0 Å². The van der Waals surface area contributed by atoms with Crippen molar-refractivity contribution in [3.05, 3.63) is 11.9 Å². The molecular weight excluding hydrogens is 218 g/mol. The lowest BCUT2D eigenvalue weighted by Crippen LogP contribution is -2.21. The summed E-state index contributed by atoms with van der Waals surface area (Å²) in [5.74, 6) is 0.851. The van der Waals surface area contributed by atoms with Gasteiger partial charge in [0.05, 0.1) is 25.0 Å². The highest BCUT2D eigenvalue weighted by Gasteiger charge is 2.19. The smallest absolute Gasteiger partial charge is 0.161 e. The van der Waals surface area contributed by atoms with E-state index < -0.39 is 0 Å². The van der Waals surface area contributed by atoms with E-state index in [1.807, 2.05) is 11.7 Å². The molecule has 5 heteroatoms. The van der Waals surface area contributed by atoms with Crippen molar-refractivity contribution in [2.24, 2.45) is 0 Å². The van der Waals surface area contributed by atoms with Crippen molar-refractivity contribution >= 4 is 0 Å². The molecule has 0 aliphatic rings. The summed E-state index contributed by atoms with van der Waals surface area (Å²) in [5, 5.41) is 7.64. The van der Waals surface area contributed by atoms with E-state index in [-0.39, 0.29) is 6.04 Å². The molecule has 0 aromatic carbocycles. The Balaban J connectivity index is 2.81. The number of nitrogens with zero attached hydrogens (tertiary/aromatic N) is 2. The maximum absolute atomic E-state index is 5.36. The van der Waals surface area contributed by atoms with E-state index in [0.29, 0.717) is 0 Å². The average molecular weight is 241 g/mol. The zero-order valence-corrected chi connectivity index (χ0v) is 11.2. The highest BCUT2D eigenvalue weighted by molar-refractivity contribution is 5.28. The van der Waals surface area contributed by atoms with Crippen LogP contribution in [-0.4, -0.2) is 37.7 Å². The van der Waals surface area contributed by atoms with Crippen molar-refractivity contribution < 1.29 is 9.47 Å². The summed E-state index contributed by atoms with van der Waals surface area (Å²) in [4.78, 5) is 0. The SMILES string of the molecule is CCn1ncc(OC)c1C(CCCOC)NC. The Bertz CT molecular complexity index is 304. The normalized spacial score (nSPS) is 12.7. The van der Waals surface area contributed by atoms with Crippen molar-refractivity contribution in [3.8, 4) is 5.75 Å². The average Bonchev–Trinajstić information content (AvgIpc) is 2.77. The number of aryl methyl sites for hydroxylation is 1. The van der Waals surface area contributed by atoms with Gasteiger partial charge < -0.3 is 14.8 Å². The lowest BCUT2D eigenvalue weighted by atomic mass is 10.1. The van der Waals surface area contributed by atoms with Crippen molar-refractivity contribution in [2.45, 2.75) is 32.4 Å². The van der Waals surface area contributed by atoms with E-state index in [4.69, 9.17) is 9.47 Å². The van der Waals surface area contributed by atoms with Crippen LogP contribution in [-0.2, 0) is 11.3 Å². The van der Waals surface area contributed by atoms with Gasteiger partial charge in [-0.3, -0.25) is 4.68 Å². The first-order chi connectivity index (χ1) is 8.28. The maximum atomic E-state index is 5.36. The Morgan fingerprint density at radius 3 is 2.76 bits per heavy atom. The van der Waals surface area contributed by atoms with Crippen LogP contribution in [0.2, 0.25) is 0 Å². The van der Waals surface area contributed by atoms with Crippen LogP contribution < -0.4 is 10.1 Å². The predicted octanol–water partition coefficient (Wildman–Crippen LogP) is 1.60. The first-order valence-electron chi connectivity index (χ1n) is 6.04. The van der Waals surface area contributed by atoms with Crippen molar-refractivity contribution in [3.63, 3.8) is 0 Å². The number of rotatable bonds is 8. The van der Waals surface area contributed by atoms with E-state index in [1.165, 1.54) is 0 Å². The second-order valence-electron chi connectivity index (χ2n) is 3.89. The van der Waals surface area contributed by atoms with E-state index in [0.717, 1.165) is 37.4 Å². The molecule has 0 saturated heterocycles. The third-order valence-electron chi connectivity index (χ3n) is 2.88. The number of hydrogen-bond donors (Lipinski definition) is 1. The van der Waals surface area contributed by atoms with Crippen LogP contribution in [0.1, 0.15) is 31.5 Å². The summed E-state index contributed by atoms with van der Waals surface area (Å²) < 4.78 is 12.4. The second kappa shape index (κ2) is 7.29. The number of hydrogen-bond acceptors (Lipinski definition) is 4. The van der Waals surface area contributed by atoms with E-state index >= 15 is 0 Å². The molecule has 98 valence electrons. The lowest BCUT2D eigenvalue weighted by Gasteiger charge is -2.18. The van der Waals surface area contributed by atoms with Gasteiger partial charge in [-0.1, -0.05) is 0 Å². The molecule has 0 fully saturated rings. The number of ether oxygens (including phenoxy) is 2. The van der Waals surface area contributed by atoms with Gasteiger partial charge in [0.1, 0.15) is 0 Å². The molecule has 0 saturated carbocycles. The Labute approximate surface area is 103 Å². The van der Waals surface area contributed by atoms with Crippen LogP contribution >= 0.6 is 0 Å². The number of methoxy groups -OCH3 is 2. The van der Waals surface area contributed by atoms with Gasteiger partial charge in [-0.25, -0.2) is 0 Å². The predicted molar refractivity (Wildman–Crippen MR) is 67.4 cm³/mol. The quantitative estimate of drug-likeness (QED) is 0.702. The van der Waals surface area contributed by atoms with Crippen LogP contribution in [0.25, 0.3) is 0 Å². The topological polar surface area (TPSA) is 48.3 Å². The molecule has 1 atom stereocenters. The molecule has 0 radical (unpaired) electrons. The minimum Gasteiger partial charge on any atom is -0.493 e. The molecule has 1 aromatic rings. The van der Waals surface area contributed by atoms with Gasteiger partial charge in [-0.2, -0.15) is 5.10 Å². The molecule has 0 spiro atoms. The third-order valence-corrected chi connectivity index (χ3v) is 2.88. The molecule has 0 aliphatic heterocycles. The molecule has 1 N–H and O–H groups in total. The largest absolute Gasteiger partial charge is 0.493 e. The van der Waals surface area contributed by atoms with E-state index in [2.05, 4.69) is 17.3 Å².